The van der Waals surface area contributed by atoms with E-state index in [1.54, 1.807) is 0 Å². The van der Waals surface area contributed by atoms with Gasteiger partial charge < -0.3 is 9.84 Å². The lowest BCUT2D eigenvalue weighted by molar-refractivity contribution is -0.163. The zero-order valence-corrected chi connectivity index (χ0v) is 16.1. The zero-order chi connectivity index (χ0) is 18.3. The molecule has 0 aliphatic rings. The summed E-state index contributed by atoms with van der Waals surface area (Å²) in [6.45, 7) is 6.23. The van der Waals surface area contributed by atoms with Gasteiger partial charge in [0.1, 0.15) is 12.0 Å². The monoisotopic (exact) mass is 342 g/mol. The Morgan fingerprint density at radius 2 is 1.29 bits per heavy atom. The van der Waals surface area contributed by atoms with Gasteiger partial charge in [0.2, 0.25) is 0 Å². The maximum Gasteiger partial charge on any atom is 0.317 e. The molecule has 0 aromatic carbocycles. The molecule has 0 heterocycles. The van der Waals surface area contributed by atoms with Gasteiger partial charge in [-0.1, -0.05) is 78.1 Å². The molecule has 0 spiro atoms. The topological polar surface area (TPSA) is 63.6 Å². The Bertz CT molecular complexity index is 341. The Kier molecular flexibility index (Phi) is 13.7. The highest BCUT2D eigenvalue weighted by atomic mass is 16.6. The summed E-state index contributed by atoms with van der Waals surface area (Å²) in [5, 5.41) is 8.67. The van der Waals surface area contributed by atoms with E-state index < -0.39 is 24.0 Å². The van der Waals surface area contributed by atoms with Gasteiger partial charge in [0.25, 0.3) is 0 Å². The molecule has 24 heavy (non-hydrogen) atoms. The Balaban J connectivity index is 3.84. The standard InChI is InChI=1S/C20H38O4/c1-4-6-7-8-9-10-11-12-13-14-16-20(3,15-5-2)24-19(23)17-18(21)22/h4-17H2,1-3H3,(H,21,22). The second kappa shape index (κ2) is 14.3. The number of hydrogen-bond acceptors (Lipinski definition) is 3. The summed E-state index contributed by atoms with van der Waals surface area (Å²) in [7, 11) is 0. The highest BCUT2D eigenvalue weighted by Crippen LogP contribution is 2.26. The van der Waals surface area contributed by atoms with Crippen LogP contribution < -0.4 is 0 Å². The third-order valence-corrected chi connectivity index (χ3v) is 4.49. The van der Waals surface area contributed by atoms with Crippen LogP contribution in [-0.2, 0) is 14.3 Å². The Morgan fingerprint density at radius 1 is 0.792 bits per heavy atom. The summed E-state index contributed by atoms with van der Waals surface area (Å²) in [5.41, 5.74) is -0.512. The molecule has 0 aromatic heterocycles. The molecule has 0 radical (unpaired) electrons. The molecular formula is C20H38O4. The first-order valence-corrected chi connectivity index (χ1v) is 9.87. The third kappa shape index (κ3) is 13.4. The number of carbonyl (C=O) groups is 2. The molecule has 0 rings (SSSR count). The number of ether oxygens (including phenoxy) is 1. The summed E-state index contributed by atoms with van der Waals surface area (Å²) in [6.07, 6.45) is 14.8. The number of hydrogen-bond donors (Lipinski definition) is 1. The summed E-state index contributed by atoms with van der Waals surface area (Å²) < 4.78 is 5.45. The van der Waals surface area contributed by atoms with E-state index in [0.717, 1.165) is 32.1 Å². The van der Waals surface area contributed by atoms with E-state index >= 15 is 0 Å². The van der Waals surface area contributed by atoms with Gasteiger partial charge in [0.05, 0.1) is 0 Å². The van der Waals surface area contributed by atoms with Crippen molar-refractivity contribution in [3.8, 4) is 0 Å². The molecule has 0 bridgehead atoms. The number of aliphatic carboxylic acids is 1. The Hall–Kier alpha value is -1.06. The minimum atomic E-state index is -1.13. The van der Waals surface area contributed by atoms with Gasteiger partial charge in [-0.05, 0) is 26.2 Å². The van der Waals surface area contributed by atoms with Crippen molar-refractivity contribution >= 4 is 11.9 Å². The predicted octanol–water partition coefficient (Wildman–Crippen LogP) is 5.87. The molecule has 1 unspecified atom stereocenters. The van der Waals surface area contributed by atoms with Crippen LogP contribution >= 0.6 is 0 Å². The molecule has 0 aliphatic carbocycles. The van der Waals surface area contributed by atoms with Gasteiger partial charge in [-0.3, -0.25) is 9.59 Å². The van der Waals surface area contributed by atoms with Crippen molar-refractivity contribution in [1.29, 1.82) is 0 Å². The molecule has 0 saturated carbocycles. The summed E-state index contributed by atoms with van der Waals surface area (Å²) in [4.78, 5) is 22.2. The largest absolute Gasteiger partial charge is 0.481 e. The zero-order valence-electron chi connectivity index (χ0n) is 16.1. The maximum atomic E-state index is 11.6. The SMILES string of the molecule is CCCCCCCCCCCCC(C)(CCC)OC(=O)CC(=O)O. The van der Waals surface area contributed by atoms with Gasteiger partial charge >= 0.3 is 11.9 Å². The van der Waals surface area contributed by atoms with Crippen LogP contribution in [0.15, 0.2) is 0 Å². The number of rotatable bonds is 16. The average molecular weight is 343 g/mol. The van der Waals surface area contributed by atoms with Crippen LogP contribution in [0.5, 0.6) is 0 Å². The molecule has 1 atom stereocenters. The van der Waals surface area contributed by atoms with Crippen LogP contribution in [0.3, 0.4) is 0 Å². The first-order valence-electron chi connectivity index (χ1n) is 9.87. The van der Waals surface area contributed by atoms with E-state index in [-0.39, 0.29) is 0 Å². The summed E-state index contributed by atoms with van der Waals surface area (Å²) in [6, 6.07) is 0. The van der Waals surface area contributed by atoms with Crippen molar-refractivity contribution in [2.24, 2.45) is 0 Å². The Labute approximate surface area is 148 Å². The van der Waals surface area contributed by atoms with Crippen LogP contribution in [-0.4, -0.2) is 22.6 Å². The van der Waals surface area contributed by atoms with Crippen molar-refractivity contribution in [3.05, 3.63) is 0 Å². The minimum Gasteiger partial charge on any atom is -0.481 e. The van der Waals surface area contributed by atoms with Gasteiger partial charge in [0, 0.05) is 0 Å². The normalized spacial score (nSPS) is 13.5. The second-order valence-electron chi connectivity index (χ2n) is 7.18. The van der Waals surface area contributed by atoms with Crippen molar-refractivity contribution < 1.29 is 19.4 Å². The van der Waals surface area contributed by atoms with Crippen molar-refractivity contribution in [1.82, 2.24) is 0 Å². The minimum absolute atomic E-state index is 0.512. The van der Waals surface area contributed by atoms with E-state index in [0.29, 0.717) is 0 Å². The molecule has 4 nitrogen and oxygen atoms in total. The quantitative estimate of drug-likeness (QED) is 0.216. The highest BCUT2D eigenvalue weighted by Gasteiger charge is 2.28. The first-order chi connectivity index (χ1) is 11.4. The number of carboxylic acids is 1. The Morgan fingerprint density at radius 3 is 1.75 bits per heavy atom. The van der Waals surface area contributed by atoms with E-state index in [9.17, 15) is 9.59 Å². The van der Waals surface area contributed by atoms with Crippen molar-refractivity contribution in [3.63, 3.8) is 0 Å². The van der Waals surface area contributed by atoms with Crippen LogP contribution in [0, 0.1) is 0 Å². The van der Waals surface area contributed by atoms with E-state index in [1.807, 2.05) is 6.92 Å². The fraction of sp³-hybridized carbons (Fsp3) is 0.900. The van der Waals surface area contributed by atoms with Gasteiger partial charge in [-0.2, -0.15) is 0 Å². The lowest BCUT2D eigenvalue weighted by Crippen LogP contribution is -2.32. The van der Waals surface area contributed by atoms with Crippen molar-refractivity contribution in [2.75, 3.05) is 0 Å². The molecule has 1 N–H and O–H groups in total. The van der Waals surface area contributed by atoms with E-state index in [2.05, 4.69) is 13.8 Å². The van der Waals surface area contributed by atoms with E-state index in [1.165, 1.54) is 51.4 Å². The van der Waals surface area contributed by atoms with Gasteiger partial charge in [0.15, 0.2) is 0 Å². The predicted molar refractivity (Wildman–Crippen MR) is 98.1 cm³/mol. The smallest absolute Gasteiger partial charge is 0.317 e. The number of esters is 1. The van der Waals surface area contributed by atoms with Gasteiger partial charge in [-0.15, -0.1) is 0 Å². The molecule has 0 amide bonds. The number of carbonyl (C=O) groups excluding carboxylic acids is 1. The fourth-order valence-corrected chi connectivity index (χ4v) is 3.18. The molecule has 0 saturated heterocycles. The van der Waals surface area contributed by atoms with Crippen LogP contribution in [0.25, 0.3) is 0 Å². The second-order valence-corrected chi connectivity index (χ2v) is 7.18. The lowest BCUT2D eigenvalue weighted by Gasteiger charge is -2.29. The summed E-state index contributed by atoms with van der Waals surface area (Å²) >= 11 is 0. The number of unbranched alkanes of at least 4 members (excludes halogenated alkanes) is 9. The fourth-order valence-electron chi connectivity index (χ4n) is 3.18. The molecule has 0 aliphatic heterocycles. The maximum absolute atomic E-state index is 11.6. The number of carboxylic acid groups (broad SMARTS) is 1. The first kappa shape index (κ1) is 22.9. The molecule has 0 aromatic rings. The average Bonchev–Trinajstić information content (AvgIpc) is 2.48. The molecular weight excluding hydrogens is 304 g/mol. The molecule has 4 heteroatoms. The molecule has 142 valence electrons. The van der Waals surface area contributed by atoms with Gasteiger partial charge in [-0.25, -0.2) is 0 Å². The van der Waals surface area contributed by atoms with Crippen LogP contribution in [0.4, 0.5) is 0 Å². The lowest BCUT2D eigenvalue weighted by atomic mass is 9.92. The van der Waals surface area contributed by atoms with Crippen LogP contribution in [0.2, 0.25) is 0 Å². The van der Waals surface area contributed by atoms with Crippen LogP contribution in [0.1, 0.15) is 111 Å². The highest BCUT2D eigenvalue weighted by molar-refractivity contribution is 5.90. The molecule has 0 fully saturated rings. The van der Waals surface area contributed by atoms with Crippen molar-refractivity contribution in [2.45, 2.75) is 116 Å². The third-order valence-electron chi connectivity index (χ3n) is 4.49. The van der Waals surface area contributed by atoms with E-state index in [4.69, 9.17) is 9.84 Å². The summed E-state index contributed by atoms with van der Waals surface area (Å²) in [5.74, 6) is -1.75.